The predicted octanol–water partition coefficient (Wildman–Crippen LogP) is 4.20. The number of aliphatic hydroxyl groups excluding tert-OH is 1. The molecule has 2 aromatic rings. The zero-order valence-corrected chi connectivity index (χ0v) is 13.3. The van der Waals surface area contributed by atoms with Gasteiger partial charge >= 0.3 is 0 Å². The number of benzene rings is 2. The molecule has 0 bridgehead atoms. The molecule has 0 amide bonds. The third-order valence-electron chi connectivity index (χ3n) is 2.64. The molecule has 0 saturated carbocycles. The molecule has 0 saturated heterocycles. The lowest BCUT2D eigenvalue weighted by atomic mass is 10.1. The maximum atomic E-state index is 9.49. The van der Waals surface area contributed by atoms with Gasteiger partial charge in [-0.05, 0) is 64.6 Å². The first-order valence-electron chi connectivity index (χ1n) is 5.57. The Morgan fingerprint density at radius 2 is 1.67 bits per heavy atom. The Morgan fingerprint density at radius 1 is 1.06 bits per heavy atom. The first-order valence-corrected chi connectivity index (χ1v) is 7.44. The molecule has 0 aliphatic carbocycles. The summed E-state index contributed by atoms with van der Waals surface area (Å²) in [6, 6.07) is 16.0. The van der Waals surface area contributed by atoms with Crippen molar-refractivity contribution in [3.63, 3.8) is 0 Å². The summed E-state index contributed by atoms with van der Waals surface area (Å²) in [7, 11) is 0. The highest BCUT2D eigenvalue weighted by Gasteiger charge is 2.09. The van der Waals surface area contributed by atoms with Crippen molar-refractivity contribution in [2.45, 2.75) is 6.04 Å². The van der Waals surface area contributed by atoms with E-state index in [1.165, 1.54) is 3.57 Å². The monoisotopic (exact) mass is 417 g/mol. The Kier molecular flexibility index (Phi) is 5.03. The molecule has 2 N–H and O–H groups in total. The molecule has 0 aliphatic heterocycles. The summed E-state index contributed by atoms with van der Waals surface area (Å²) >= 11 is 5.67. The van der Waals surface area contributed by atoms with E-state index in [0.29, 0.717) is 0 Å². The van der Waals surface area contributed by atoms with Crippen molar-refractivity contribution >= 4 is 44.2 Å². The van der Waals surface area contributed by atoms with Gasteiger partial charge in [0.2, 0.25) is 0 Å². The van der Waals surface area contributed by atoms with Crippen LogP contribution in [-0.4, -0.2) is 11.7 Å². The fourth-order valence-electron chi connectivity index (χ4n) is 1.68. The molecule has 1 atom stereocenters. The lowest BCUT2D eigenvalue weighted by Crippen LogP contribution is -2.14. The van der Waals surface area contributed by atoms with Crippen molar-refractivity contribution in [2.24, 2.45) is 0 Å². The summed E-state index contributed by atoms with van der Waals surface area (Å²) < 4.78 is 2.24. The van der Waals surface area contributed by atoms with Crippen LogP contribution in [0, 0.1) is 3.57 Å². The van der Waals surface area contributed by atoms with Crippen molar-refractivity contribution in [1.29, 1.82) is 0 Å². The molecular formula is C14H13BrINO. The molecule has 2 rings (SSSR count). The number of nitrogens with one attached hydrogen (secondary N) is 1. The Bertz CT molecular complexity index is 498. The van der Waals surface area contributed by atoms with Crippen molar-refractivity contribution in [2.75, 3.05) is 11.9 Å². The SMILES string of the molecule is OCC(Nc1ccc(Br)cc1)c1ccc(I)cc1. The first kappa shape index (κ1) is 13.8. The van der Waals surface area contributed by atoms with Crippen LogP contribution in [0.1, 0.15) is 11.6 Å². The van der Waals surface area contributed by atoms with Crippen LogP contribution in [0.4, 0.5) is 5.69 Å². The van der Waals surface area contributed by atoms with Crippen molar-refractivity contribution in [3.05, 3.63) is 62.1 Å². The Morgan fingerprint density at radius 3 is 2.22 bits per heavy atom. The van der Waals surface area contributed by atoms with E-state index < -0.39 is 0 Å². The minimum absolute atomic E-state index is 0.0661. The molecule has 0 fully saturated rings. The zero-order valence-electron chi connectivity index (χ0n) is 9.61. The number of hydrogen-bond donors (Lipinski definition) is 2. The highest BCUT2D eigenvalue weighted by atomic mass is 127. The van der Waals surface area contributed by atoms with Gasteiger partial charge in [-0.3, -0.25) is 0 Å². The molecule has 18 heavy (non-hydrogen) atoms. The van der Waals surface area contributed by atoms with Gasteiger partial charge in [0.15, 0.2) is 0 Å². The van der Waals surface area contributed by atoms with Gasteiger partial charge in [0.1, 0.15) is 0 Å². The first-order chi connectivity index (χ1) is 8.69. The van der Waals surface area contributed by atoms with Gasteiger partial charge in [0.25, 0.3) is 0 Å². The largest absolute Gasteiger partial charge is 0.394 e. The molecule has 0 aliphatic rings. The molecule has 94 valence electrons. The summed E-state index contributed by atoms with van der Waals surface area (Å²) in [5, 5.41) is 12.8. The molecule has 0 radical (unpaired) electrons. The van der Waals surface area contributed by atoms with Crippen LogP contribution in [0.25, 0.3) is 0 Å². The quantitative estimate of drug-likeness (QED) is 0.730. The van der Waals surface area contributed by atoms with E-state index in [9.17, 15) is 5.11 Å². The minimum Gasteiger partial charge on any atom is -0.394 e. The van der Waals surface area contributed by atoms with Crippen LogP contribution in [0.3, 0.4) is 0 Å². The highest BCUT2D eigenvalue weighted by molar-refractivity contribution is 14.1. The van der Waals surface area contributed by atoms with E-state index in [4.69, 9.17) is 0 Å². The normalized spacial score (nSPS) is 12.2. The second-order valence-corrected chi connectivity index (χ2v) is 6.10. The highest BCUT2D eigenvalue weighted by Crippen LogP contribution is 2.21. The summed E-state index contributed by atoms with van der Waals surface area (Å²) in [4.78, 5) is 0. The van der Waals surface area contributed by atoms with E-state index in [1.54, 1.807) is 0 Å². The minimum atomic E-state index is -0.0804. The standard InChI is InChI=1S/C14H13BrINO/c15-11-3-7-13(8-4-11)17-14(9-18)10-1-5-12(16)6-2-10/h1-8,14,17-18H,9H2. The molecule has 2 nitrogen and oxygen atoms in total. The van der Waals surface area contributed by atoms with Gasteiger partial charge in [-0.1, -0.05) is 28.1 Å². The second-order valence-electron chi connectivity index (χ2n) is 3.94. The van der Waals surface area contributed by atoms with Crippen molar-refractivity contribution < 1.29 is 5.11 Å². The summed E-state index contributed by atoms with van der Waals surface area (Å²) in [6.07, 6.45) is 0. The van der Waals surface area contributed by atoms with Gasteiger partial charge in [0.05, 0.1) is 12.6 Å². The van der Waals surface area contributed by atoms with Crippen LogP contribution in [0.5, 0.6) is 0 Å². The maximum absolute atomic E-state index is 9.49. The van der Waals surface area contributed by atoms with E-state index >= 15 is 0 Å². The molecule has 4 heteroatoms. The lowest BCUT2D eigenvalue weighted by molar-refractivity contribution is 0.276. The predicted molar refractivity (Wildman–Crippen MR) is 86.8 cm³/mol. The summed E-state index contributed by atoms with van der Waals surface area (Å²) in [5.74, 6) is 0. The fraction of sp³-hybridized carbons (Fsp3) is 0.143. The number of rotatable bonds is 4. The Balaban J connectivity index is 2.14. The van der Waals surface area contributed by atoms with Crippen LogP contribution in [0.15, 0.2) is 53.0 Å². The van der Waals surface area contributed by atoms with Crippen LogP contribution in [0.2, 0.25) is 0 Å². The Labute approximate surface area is 129 Å². The number of aliphatic hydroxyl groups is 1. The van der Waals surface area contributed by atoms with Crippen LogP contribution >= 0.6 is 38.5 Å². The third-order valence-corrected chi connectivity index (χ3v) is 3.89. The van der Waals surface area contributed by atoms with E-state index in [0.717, 1.165) is 15.7 Å². The molecule has 2 aromatic carbocycles. The average molecular weight is 418 g/mol. The summed E-state index contributed by atoms with van der Waals surface area (Å²) in [6.45, 7) is 0.0661. The molecule has 1 unspecified atom stereocenters. The molecule has 0 aromatic heterocycles. The number of anilines is 1. The van der Waals surface area contributed by atoms with E-state index in [1.807, 2.05) is 48.5 Å². The van der Waals surface area contributed by atoms with Gasteiger partial charge in [-0.15, -0.1) is 0 Å². The van der Waals surface area contributed by atoms with Gasteiger partial charge in [0, 0.05) is 13.7 Å². The molecular weight excluding hydrogens is 405 g/mol. The lowest BCUT2D eigenvalue weighted by Gasteiger charge is -2.18. The third kappa shape index (κ3) is 3.70. The van der Waals surface area contributed by atoms with Crippen molar-refractivity contribution in [1.82, 2.24) is 0 Å². The van der Waals surface area contributed by atoms with Gasteiger partial charge < -0.3 is 10.4 Å². The Hall–Kier alpha value is -0.590. The van der Waals surface area contributed by atoms with E-state index in [2.05, 4.69) is 43.8 Å². The average Bonchev–Trinajstić information content (AvgIpc) is 2.39. The zero-order chi connectivity index (χ0) is 13.0. The van der Waals surface area contributed by atoms with Crippen LogP contribution < -0.4 is 5.32 Å². The van der Waals surface area contributed by atoms with Gasteiger partial charge in [-0.2, -0.15) is 0 Å². The van der Waals surface area contributed by atoms with Crippen molar-refractivity contribution in [3.8, 4) is 0 Å². The topological polar surface area (TPSA) is 32.3 Å². The molecule has 0 heterocycles. The molecule has 0 spiro atoms. The number of hydrogen-bond acceptors (Lipinski definition) is 2. The maximum Gasteiger partial charge on any atom is 0.0745 e. The fourth-order valence-corrected chi connectivity index (χ4v) is 2.30. The van der Waals surface area contributed by atoms with Gasteiger partial charge in [-0.25, -0.2) is 0 Å². The van der Waals surface area contributed by atoms with E-state index in [-0.39, 0.29) is 12.6 Å². The smallest absolute Gasteiger partial charge is 0.0745 e. The van der Waals surface area contributed by atoms with Crippen LogP contribution in [-0.2, 0) is 0 Å². The summed E-state index contributed by atoms with van der Waals surface area (Å²) in [5.41, 5.74) is 2.08. The number of halogens is 2. The second kappa shape index (κ2) is 6.54.